The Kier molecular flexibility index (Phi) is 5.71. The van der Waals surface area contributed by atoms with Crippen molar-refractivity contribution in [2.75, 3.05) is 13.2 Å². The van der Waals surface area contributed by atoms with E-state index in [1.54, 1.807) is 0 Å². The second-order valence-electron chi connectivity index (χ2n) is 11.0. The highest BCUT2D eigenvalue weighted by Crippen LogP contribution is 2.53. The van der Waals surface area contributed by atoms with Crippen LogP contribution in [0.2, 0.25) is 0 Å². The molecule has 39 heavy (non-hydrogen) atoms. The van der Waals surface area contributed by atoms with Crippen molar-refractivity contribution in [2.24, 2.45) is 5.92 Å². The summed E-state index contributed by atoms with van der Waals surface area (Å²) in [7, 11) is 0. The summed E-state index contributed by atoms with van der Waals surface area (Å²) in [6, 6.07) is 24.2. The lowest BCUT2D eigenvalue weighted by molar-refractivity contribution is 0.0707. The van der Waals surface area contributed by atoms with Crippen molar-refractivity contribution in [3.05, 3.63) is 130 Å². The molecule has 4 aromatic carbocycles. The molecule has 4 aromatic rings. The van der Waals surface area contributed by atoms with Crippen LogP contribution in [0.15, 0.2) is 96.8 Å². The number of rotatable bonds is 5. The van der Waals surface area contributed by atoms with Crippen LogP contribution in [0.1, 0.15) is 39.8 Å². The zero-order valence-electron chi connectivity index (χ0n) is 22.4. The van der Waals surface area contributed by atoms with Gasteiger partial charge in [-0.3, -0.25) is 0 Å². The van der Waals surface area contributed by atoms with Gasteiger partial charge in [-0.1, -0.05) is 83.9 Å². The maximum absolute atomic E-state index is 9.17. The molecule has 0 amide bonds. The van der Waals surface area contributed by atoms with Gasteiger partial charge in [-0.2, -0.15) is 0 Å². The van der Waals surface area contributed by atoms with Crippen molar-refractivity contribution in [3.63, 3.8) is 0 Å². The molecule has 1 heterocycles. The summed E-state index contributed by atoms with van der Waals surface area (Å²) in [6.45, 7) is 4.63. The van der Waals surface area contributed by atoms with Crippen LogP contribution in [0.25, 0.3) is 28.0 Å². The lowest BCUT2D eigenvalue weighted by Gasteiger charge is -2.42. The molecule has 0 fully saturated rings. The van der Waals surface area contributed by atoms with Crippen LogP contribution in [0.4, 0.5) is 0 Å². The Morgan fingerprint density at radius 2 is 1.77 bits per heavy atom. The van der Waals surface area contributed by atoms with Crippen LogP contribution in [0.3, 0.4) is 0 Å². The Hall–Kier alpha value is -4.08. The number of aliphatic hydroxyl groups excluding tert-OH is 1. The number of allylic oxidation sites excluding steroid dienone is 2. The Labute approximate surface area is 229 Å². The molecule has 2 unspecified atom stereocenters. The number of benzene rings is 4. The second-order valence-corrected chi connectivity index (χ2v) is 11.0. The molecule has 3 heteroatoms. The fraction of sp³-hybridized carbons (Fsp3) is 0.222. The van der Waals surface area contributed by atoms with Crippen molar-refractivity contribution >= 4 is 16.8 Å². The predicted molar refractivity (Wildman–Crippen MR) is 158 cm³/mol. The minimum absolute atomic E-state index is 0.00540. The van der Waals surface area contributed by atoms with E-state index in [4.69, 9.17) is 9.47 Å². The normalized spacial score (nSPS) is 20.7. The minimum atomic E-state index is -0.656. The molecule has 0 bridgehead atoms. The largest absolute Gasteiger partial charge is 0.492 e. The average molecular weight is 513 g/mol. The van der Waals surface area contributed by atoms with Crippen molar-refractivity contribution in [1.82, 2.24) is 0 Å². The van der Waals surface area contributed by atoms with E-state index in [2.05, 4.69) is 105 Å². The summed E-state index contributed by atoms with van der Waals surface area (Å²) < 4.78 is 13.0. The molecule has 0 aromatic heterocycles. The molecule has 3 aliphatic rings. The molecule has 0 saturated heterocycles. The first-order valence-corrected chi connectivity index (χ1v) is 13.8. The van der Waals surface area contributed by atoms with E-state index in [9.17, 15) is 5.11 Å². The molecule has 2 aliphatic carbocycles. The quantitative estimate of drug-likeness (QED) is 0.261. The zero-order valence-corrected chi connectivity index (χ0v) is 22.4. The summed E-state index contributed by atoms with van der Waals surface area (Å²) in [5, 5.41) is 11.6. The molecule has 2 atom stereocenters. The van der Waals surface area contributed by atoms with Crippen LogP contribution >= 0.6 is 0 Å². The smallest absolute Gasteiger partial charge is 0.159 e. The van der Waals surface area contributed by atoms with Gasteiger partial charge in [-0.25, -0.2) is 0 Å². The van der Waals surface area contributed by atoms with E-state index < -0.39 is 5.60 Å². The number of fused-ring (bicyclic) bond motifs is 8. The van der Waals surface area contributed by atoms with Crippen molar-refractivity contribution in [2.45, 2.75) is 32.3 Å². The van der Waals surface area contributed by atoms with E-state index >= 15 is 0 Å². The third-order valence-corrected chi connectivity index (χ3v) is 8.43. The van der Waals surface area contributed by atoms with E-state index in [0.717, 1.165) is 29.9 Å². The predicted octanol–water partition coefficient (Wildman–Crippen LogP) is 7.80. The van der Waals surface area contributed by atoms with E-state index in [1.165, 1.54) is 49.7 Å². The monoisotopic (exact) mass is 512 g/mol. The molecule has 1 N–H and O–H groups in total. The fourth-order valence-corrected chi connectivity index (χ4v) is 6.59. The molecule has 0 radical (unpaired) electrons. The SMILES string of the molecule is Cc1ccc2c(c1)Cc1c3c(c4cc(C)ccc4c1-2)OC(c1ccccc1)(C1C=CC(OCCO)=CC1)C=C3. The molecular weight excluding hydrogens is 480 g/mol. The fourth-order valence-electron chi connectivity index (χ4n) is 6.59. The third-order valence-electron chi connectivity index (χ3n) is 8.43. The van der Waals surface area contributed by atoms with Crippen LogP contribution in [0, 0.1) is 19.8 Å². The Morgan fingerprint density at radius 3 is 2.56 bits per heavy atom. The van der Waals surface area contributed by atoms with Gasteiger partial charge in [0, 0.05) is 16.9 Å². The van der Waals surface area contributed by atoms with Crippen LogP contribution < -0.4 is 4.74 Å². The summed E-state index contributed by atoms with van der Waals surface area (Å²) >= 11 is 0. The van der Waals surface area contributed by atoms with Gasteiger partial charge in [0.05, 0.1) is 6.61 Å². The van der Waals surface area contributed by atoms with Gasteiger partial charge in [-0.15, -0.1) is 0 Å². The maximum atomic E-state index is 9.17. The number of hydrogen-bond acceptors (Lipinski definition) is 3. The standard InChI is InChI=1S/C36H32O3/c1-23-8-14-29-25(20-23)22-32-31-16-17-36(26-6-4-3-5-7-26,27-10-12-28(13-11-27)38-19-18-37)39-35(31)33-21-24(2)9-15-30(33)34(29)32/h3-10,12-17,20-21,27,37H,11,18-19,22H2,1-2H3. The third kappa shape index (κ3) is 3.84. The van der Waals surface area contributed by atoms with E-state index in [-0.39, 0.29) is 12.5 Å². The number of hydrogen-bond donors (Lipinski definition) is 1. The van der Waals surface area contributed by atoms with Crippen LogP contribution in [-0.4, -0.2) is 18.3 Å². The average Bonchev–Trinajstić information content (AvgIpc) is 3.35. The number of aliphatic hydroxyl groups is 1. The molecular formula is C36H32O3. The minimum Gasteiger partial charge on any atom is -0.492 e. The number of aryl methyl sites for hydroxylation is 2. The maximum Gasteiger partial charge on any atom is 0.159 e. The highest BCUT2D eigenvalue weighted by Gasteiger charge is 2.43. The van der Waals surface area contributed by atoms with Gasteiger partial charge in [-0.05, 0) is 84.2 Å². The number of ether oxygens (including phenoxy) is 2. The summed E-state index contributed by atoms with van der Waals surface area (Å²) in [5.74, 6) is 1.86. The Balaban J connectivity index is 1.41. The van der Waals surface area contributed by atoms with Crippen molar-refractivity contribution in [1.29, 1.82) is 0 Å². The van der Waals surface area contributed by atoms with Gasteiger partial charge < -0.3 is 14.6 Å². The highest BCUT2D eigenvalue weighted by atomic mass is 16.5. The Morgan fingerprint density at radius 1 is 0.949 bits per heavy atom. The van der Waals surface area contributed by atoms with E-state index in [1.807, 2.05) is 6.08 Å². The summed E-state index contributed by atoms with van der Waals surface area (Å²) in [6.07, 6.45) is 12.6. The second kappa shape index (κ2) is 9.29. The zero-order chi connectivity index (χ0) is 26.6. The van der Waals surface area contributed by atoms with Gasteiger partial charge in [0.15, 0.2) is 5.60 Å². The molecule has 7 rings (SSSR count). The van der Waals surface area contributed by atoms with Gasteiger partial charge in [0.1, 0.15) is 18.1 Å². The summed E-state index contributed by atoms with van der Waals surface area (Å²) in [4.78, 5) is 0. The topological polar surface area (TPSA) is 38.7 Å². The first-order valence-electron chi connectivity index (χ1n) is 13.8. The van der Waals surface area contributed by atoms with Crippen LogP contribution in [-0.2, 0) is 16.8 Å². The lowest BCUT2D eigenvalue weighted by Crippen LogP contribution is -2.40. The lowest BCUT2D eigenvalue weighted by atomic mass is 9.75. The Bertz CT molecular complexity index is 1690. The highest BCUT2D eigenvalue weighted by molar-refractivity contribution is 6.07. The van der Waals surface area contributed by atoms with Crippen LogP contribution in [0.5, 0.6) is 5.75 Å². The van der Waals surface area contributed by atoms with Crippen molar-refractivity contribution in [3.8, 4) is 16.9 Å². The first-order chi connectivity index (χ1) is 19.1. The van der Waals surface area contributed by atoms with Gasteiger partial charge >= 0.3 is 0 Å². The molecule has 194 valence electrons. The molecule has 1 aliphatic heterocycles. The van der Waals surface area contributed by atoms with E-state index in [0.29, 0.717) is 6.61 Å². The van der Waals surface area contributed by atoms with Gasteiger partial charge in [0.25, 0.3) is 0 Å². The van der Waals surface area contributed by atoms with Gasteiger partial charge in [0.2, 0.25) is 0 Å². The first kappa shape index (κ1) is 24.0. The molecule has 0 saturated carbocycles. The molecule has 0 spiro atoms. The van der Waals surface area contributed by atoms with Crippen molar-refractivity contribution < 1.29 is 14.6 Å². The molecule has 3 nitrogen and oxygen atoms in total. The summed E-state index contributed by atoms with van der Waals surface area (Å²) in [5.41, 5.74) is 9.65.